The van der Waals surface area contributed by atoms with E-state index in [4.69, 9.17) is 0 Å². The van der Waals surface area contributed by atoms with Gasteiger partial charge in [-0.2, -0.15) is 0 Å². The van der Waals surface area contributed by atoms with Crippen LogP contribution in [0.1, 0.15) is 5.56 Å². The molecule has 2 amide bonds. The number of aliphatic carboxylic acids is 1. The first kappa shape index (κ1) is 20.8. The number of hydrogen-bond donors (Lipinski definition) is 3. The van der Waals surface area contributed by atoms with Crippen molar-refractivity contribution in [3.8, 4) is 0 Å². The van der Waals surface area contributed by atoms with Gasteiger partial charge in [0.1, 0.15) is 0 Å². The van der Waals surface area contributed by atoms with Gasteiger partial charge in [-0.3, -0.25) is 9.59 Å². The summed E-state index contributed by atoms with van der Waals surface area (Å²) in [7, 11) is 1.17. The molecule has 0 heterocycles. The number of benzene rings is 1. The Morgan fingerprint density at radius 2 is 1.85 bits per heavy atom. The summed E-state index contributed by atoms with van der Waals surface area (Å²) in [5.41, 5.74) is 4.31. The van der Waals surface area contributed by atoms with E-state index in [-0.39, 0.29) is 13.0 Å². The molecule has 140 valence electrons. The van der Waals surface area contributed by atoms with E-state index in [1.54, 1.807) is 30.3 Å². The summed E-state index contributed by atoms with van der Waals surface area (Å²) in [5, 5.41) is 16.0. The van der Waals surface area contributed by atoms with E-state index < -0.39 is 35.8 Å². The maximum absolute atomic E-state index is 12.1. The Morgan fingerprint density at radius 3 is 2.42 bits per heavy atom. The Balaban J connectivity index is 2.52. The van der Waals surface area contributed by atoms with Gasteiger partial charge in [-0.1, -0.05) is 30.3 Å². The number of hydrogen-bond acceptors (Lipinski definition) is 6. The Hall–Kier alpha value is -3.20. The fourth-order valence-electron chi connectivity index (χ4n) is 1.92. The molecule has 1 rings (SSSR count). The molecule has 0 fully saturated rings. The Kier molecular flexibility index (Phi) is 8.51. The smallest absolute Gasteiger partial charge is 0.330 e. The summed E-state index contributed by atoms with van der Waals surface area (Å²) in [5.74, 6) is -3.37. The summed E-state index contributed by atoms with van der Waals surface area (Å²) in [4.78, 5) is 45.7. The summed E-state index contributed by atoms with van der Waals surface area (Å²) >= 11 is 0. The number of ether oxygens (including phenoxy) is 1. The lowest BCUT2D eigenvalue weighted by Gasteiger charge is -2.21. The maximum Gasteiger partial charge on any atom is 0.330 e. The number of esters is 1. The fourth-order valence-corrected chi connectivity index (χ4v) is 1.92. The summed E-state index contributed by atoms with van der Waals surface area (Å²) in [6.45, 7) is -0.138. The molecular weight excluding hydrogens is 342 g/mol. The van der Waals surface area contributed by atoms with E-state index >= 15 is 0 Å². The maximum atomic E-state index is 12.1. The van der Waals surface area contributed by atoms with E-state index in [2.05, 4.69) is 21.1 Å². The predicted octanol–water partition coefficient (Wildman–Crippen LogP) is -3.08. The SMILES string of the molecule is COC(=O)/C=C/C(=O)NC[C@H]([NH3+])C(=O)N[C@@H](Cc1ccccc1)C(=O)[O-]. The van der Waals surface area contributed by atoms with Crippen molar-refractivity contribution < 1.29 is 34.8 Å². The molecule has 0 aliphatic carbocycles. The van der Waals surface area contributed by atoms with Crippen LogP contribution in [0, 0.1) is 0 Å². The van der Waals surface area contributed by atoms with Crippen molar-refractivity contribution in [2.75, 3.05) is 13.7 Å². The number of carboxylic acids is 1. The third kappa shape index (κ3) is 7.58. The Labute approximate surface area is 150 Å². The fraction of sp³-hybridized carbons (Fsp3) is 0.294. The first-order valence-electron chi connectivity index (χ1n) is 7.75. The van der Waals surface area contributed by atoms with Gasteiger partial charge >= 0.3 is 5.97 Å². The van der Waals surface area contributed by atoms with Crippen LogP contribution in [0.2, 0.25) is 0 Å². The number of amides is 2. The molecule has 0 aliphatic rings. The topological polar surface area (TPSA) is 152 Å². The molecule has 1 aromatic rings. The molecule has 26 heavy (non-hydrogen) atoms. The van der Waals surface area contributed by atoms with Crippen LogP contribution in [0.15, 0.2) is 42.5 Å². The van der Waals surface area contributed by atoms with Crippen LogP contribution in [0.25, 0.3) is 0 Å². The highest BCUT2D eigenvalue weighted by molar-refractivity contribution is 5.94. The minimum absolute atomic E-state index is 0.0653. The molecule has 0 saturated heterocycles. The highest BCUT2D eigenvalue weighted by atomic mass is 16.5. The van der Waals surface area contributed by atoms with Crippen LogP contribution < -0.4 is 21.5 Å². The summed E-state index contributed by atoms with van der Waals surface area (Å²) in [6, 6.07) is 6.62. The van der Waals surface area contributed by atoms with Crippen molar-refractivity contribution in [1.29, 1.82) is 0 Å². The molecule has 0 saturated carbocycles. The van der Waals surface area contributed by atoms with Crippen LogP contribution in [0.5, 0.6) is 0 Å². The van der Waals surface area contributed by atoms with Gasteiger partial charge in [0.05, 0.1) is 25.7 Å². The first-order valence-corrected chi connectivity index (χ1v) is 7.75. The van der Waals surface area contributed by atoms with Gasteiger partial charge in [-0.25, -0.2) is 4.79 Å². The summed E-state index contributed by atoms with van der Waals surface area (Å²) in [6.07, 6.45) is 1.95. The number of carboxylic acid groups (broad SMARTS) is 1. The van der Waals surface area contributed by atoms with Gasteiger partial charge in [0.2, 0.25) is 5.91 Å². The zero-order valence-corrected chi connectivity index (χ0v) is 14.3. The van der Waals surface area contributed by atoms with Gasteiger partial charge in [0.25, 0.3) is 5.91 Å². The molecule has 2 atom stereocenters. The molecule has 0 aliphatic heterocycles. The van der Waals surface area contributed by atoms with Crippen molar-refractivity contribution in [1.82, 2.24) is 10.6 Å². The lowest BCUT2D eigenvalue weighted by molar-refractivity contribution is -0.401. The van der Waals surface area contributed by atoms with Crippen molar-refractivity contribution in [3.05, 3.63) is 48.0 Å². The molecule has 5 N–H and O–H groups in total. The van der Waals surface area contributed by atoms with Gasteiger partial charge < -0.3 is 31.0 Å². The number of rotatable bonds is 9. The molecule has 0 radical (unpaired) electrons. The molecule has 9 heteroatoms. The van der Waals surface area contributed by atoms with Gasteiger partial charge in [-0.05, 0) is 12.0 Å². The van der Waals surface area contributed by atoms with Crippen molar-refractivity contribution in [3.63, 3.8) is 0 Å². The Morgan fingerprint density at radius 1 is 1.19 bits per heavy atom. The van der Waals surface area contributed by atoms with E-state index in [9.17, 15) is 24.3 Å². The van der Waals surface area contributed by atoms with Crippen molar-refractivity contribution in [2.45, 2.75) is 18.5 Å². The molecule has 0 spiro atoms. The zero-order valence-electron chi connectivity index (χ0n) is 14.3. The third-order valence-corrected chi connectivity index (χ3v) is 3.35. The third-order valence-electron chi connectivity index (χ3n) is 3.35. The molecule has 0 unspecified atom stereocenters. The number of carbonyl (C=O) groups is 4. The minimum Gasteiger partial charge on any atom is -0.548 e. The van der Waals surface area contributed by atoms with E-state index in [1.165, 1.54) is 7.11 Å². The van der Waals surface area contributed by atoms with Crippen LogP contribution in [-0.2, 0) is 30.3 Å². The van der Waals surface area contributed by atoms with Crippen LogP contribution in [0.3, 0.4) is 0 Å². The second-order valence-electron chi connectivity index (χ2n) is 5.37. The highest BCUT2D eigenvalue weighted by Gasteiger charge is 2.22. The van der Waals surface area contributed by atoms with Crippen molar-refractivity contribution in [2.24, 2.45) is 0 Å². The van der Waals surface area contributed by atoms with Crippen LogP contribution >= 0.6 is 0 Å². The lowest BCUT2D eigenvalue weighted by Crippen LogP contribution is -2.72. The van der Waals surface area contributed by atoms with Crippen LogP contribution in [0.4, 0.5) is 0 Å². The predicted molar refractivity (Wildman–Crippen MR) is 87.9 cm³/mol. The monoisotopic (exact) mass is 363 g/mol. The molecule has 0 aromatic heterocycles. The molecule has 0 bridgehead atoms. The highest BCUT2D eigenvalue weighted by Crippen LogP contribution is 2.03. The Bertz CT molecular complexity index is 674. The second-order valence-corrected chi connectivity index (χ2v) is 5.37. The first-order chi connectivity index (χ1) is 12.3. The summed E-state index contributed by atoms with van der Waals surface area (Å²) < 4.78 is 4.34. The quantitative estimate of drug-likeness (QED) is 0.312. The van der Waals surface area contributed by atoms with Crippen molar-refractivity contribution >= 4 is 23.8 Å². The number of methoxy groups -OCH3 is 1. The second kappa shape index (κ2) is 10.6. The normalized spacial score (nSPS) is 12.8. The molecule has 9 nitrogen and oxygen atoms in total. The standard InChI is InChI=1S/C17H21N3O6/c1-26-15(22)8-7-14(21)19-10-12(18)16(23)20-13(17(24)25)9-11-5-3-2-4-6-11/h2-8,12-13H,9-10,18H2,1H3,(H,19,21)(H,20,23)(H,24,25)/b8-7+/t12-,13-/m0/s1. The number of carbonyl (C=O) groups excluding carboxylic acids is 4. The average molecular weight is 363 g/mol. The molecule has 1 aromatic carbocycles. The lowest BCUT2D eigenvalue weighted by atomic mass is 10.1. The van der Waals surface area contributed by atoms with Gasteiger partial charge in [-0.15, -0.1) is 0 Å². The largest absolute Gasteiger partial charge is 0.548 e. The van der Waals surface area contributed by atoms with Crippen LogP contribution in [-0.4, -0.2) is 49.5 Å². The number of quaternary nitrogens is 1. The van der Waals surface area contributed by atoms with E-state index in [0.29, 0.717) is 0 Å². The minimum atomic E-state index is -1.42. The molecular formula is C17H21N3O6. The van der Waals surface area contributed by atoms with E-state index in [1.807, 2.05) is 0 Å². The number of nitrogens with one attached hydrogen (secondary N) is 2. The van der Waals surface area contributed by atoms with Gasteiger partial charge in [0.15, 0.2) is 6.04 Å². The van der Waals surface area contributed by atoms with E-state index in [0.717, 1.165) is 17.7 Å². The average Bonchev–Trinajstić information content (AvgIpc) is 2.64. The zero-order chi connectivity index (χ0) is 19.5. The van der Waals surface area contributed by atoms with Gasteiger partial charge in [0, 0.05) is 12.2 Å².